The van der Waals surface area contributed by atoms with E-state index in [1.807, 2.05) is 0 Å². The zero-order chi connectivity index (χ0) is 16.9. The molecule has 2 aromatic carbocycles. The minimum absolute atomic E-state index is 0.0233. The second-order valence-corrected chi connectivity index (χ2v) is 5.77. The lowest BCUT2D eigenvalue weighted by Crippen LogP contribution is -2.25. The van der Waals surface area contributed by atoms with E-state index < -0.39 is 0 Å². The van der Waals surface area contributed by atoms with Crippen molar-refractivity contribution >= 4 is 23.2 Å². The van der Waals surface area contributed by atoms with Crippen LogP contribution >= 0.6 is 0 Å². The molecule has 5 nitrogen and oxygen atoms in total. The molecule has 1 heterocycles. The summed E-state index contributed by atoms with van der Waals surface area (Å²) in [7, 11) is 0. The Hall–Kier alpha value is -2.82. The third-order valence-electron chi connectivity index (χ3n) is 3.97. The van der Waals surface area contributed by atoms with E-state index >= 15 is 0 Å². The molecule has 0 fully saturated rings. The van der Waals surface area contributed by atoms with E-state index in [0.29, 0.717) is 30.0 Å². The molecule has 1 aliphatic heterocycles. The van der Waals surface area contributed by atoms with E-state index in [0.717, 1.165) is 12.0 Å². The van der Waals surface area contributed by atoms with Crippen LogP contribution in [0.1, 0.15) is 24.5 Å². The monoisotopic (exact) mass is 324 g/mol. The van der Waals surface area contributed by atoms with Gasteiger partial charge in [0.25, 0.3) is 5.91 Å². The highest BCUT2D eigenvalue weighted by Gasteiger charge is 2.16. The predicted molar refractivity (Wildman–Crippen MR) is 93.3 cm³/mol. The number of ether oxygens (including phenoxy) is 1. The van der Waals surface area contributed by atoms with Gasteiger partial charge in [-0.1, -0.05) is 31.2 Å². The van der Waals surface area contributed by atoms with Crippen molar-refractivity contribution in [2.24, 2.45) is 0 Å². The molecular formula is C19H20N2O3. The third-order valence-corrected chi connectivity index (χ3v) is 3.97. The van der Waals surface area contributed by atoms with Crippen molar-refractivity contribution in [2.75, 3.05) is 17.2 Å². The molecular weight excluding hydrogens is 304 g/mol. The molecule has 0 aliphatic carbocycles. The van der Waals surface area contributed by atoms with Crippen molar-refractivity contribution < 1.29 is 14.3 Å². The molecule has 124 valence electrons. The summed E-state index contributed by atoms with van der Waals surface area (Å²) in [6.07, 6.45) is 2.12. The van der Waals surface area contributed by atoms with Gasteiger partial charge in [-0.3, -0.25) is 9.59 Å². The molecule has 1 aliphatic rings. The Morgan fingerprint density at radius 3 is 2.67 bits per heavy atom. The van der Waals surface area contributed by atoms with Crippen LogP contribution in [0.4, 0.5) is 11.4 Å². The van der Waals surface area contributed by atoms with Gasteiger partial charge in [0, 0.05) is 12.1 Å². The molecule has 0 saturated carbocycles. The van der Waals surface area contributed by atoms with Crippen LogP contribution in [0.2, 0.25) is 0 Å². The molecule has 2 amide bonds. The number of hydrogen-bond donors (Lipinski definition) is 2. The first-order valence-electron chi connectivity index (χ1n) is 8.08. The van der Waals surface area contributed by atoms with Crippen LogP contribution in [0.15, 0.2) is 42.5 Å². The summed E-state index contributed by atoms with van der Waals surface area (Å²) < 4.78 is 5.30. The van der Waals surface area contributed by atoms with E-state index in [1.54, 1.807) is 18.2 Å². The van der Waals surface area contributed by atoms with Gasteiger partial charge in [0.2, 0.25) is 5.91 Å². The fraction of sp³-hybridized carbons (Fsp3) is 0.263. The van der Waals surface area contributed by atoms with Gasteiger partial charge in [0.15, 0.2) is 6.61 Å². The van der Waals surface area contributed by atoms with E-state index in [-0.39, 0.29) is 18.4 Å². The van der Waals surface area contributed by atoms with Crippen LogP contribution in [-0.2, 0) is 22.4 Å². The van der Waals surface area contributed by atoms with Crippen LogP contribution in [0.5, 0.6) is 5.75 Å². The Morgan fingerprint density at radius 1 is 1.17 bits per heavy atom. The summed E-state index contributed by atoms with van der Waals surface area (Å²) in [6.45, 7) is 2.14. The Labute approximate surface area is 141 Å². The average molecular weight is 324 g/mol. The second-order valence-electron chi connectivity index (χ2n) is 5.77. The van der Waals surface area contributed by atoms with E-state index in [4.69, 9.17) is 4.74 Å². The van der Waals surface area contributed by atoms with E-state index in [1.165, 1.54) is 5.56 Å². The number of benzene rings is 2. The van der Waals surface area contributed by atoms with Crippen LogP contribution < -0.4 is 15.4 Å². The SMILES string of the molecule is CCc1ccc(CCC(=O)Nc2ccc3c(c2)NC(=O)CO3)cc1. The van der Waals surface area contributed by atoms with Crippen LogP contribution in [0.3, 0.4) is 0 Å². The number of anilines is 2. The Kier molecular flexibility index (Phi) is 4.79. The first-order valence-corrected chi connectivity index (χ1v) is 8.08. The van der Waals surface area contributed by atoms with E-state index in [2.05, 4.69) is 41.8 Å². The molecule has 0 radical (unpaired) electrons. The van der Waals surface area contributed by atoms with E-state index in [9.17, 15) is 9.59 Å². The number of aryl methyl sites for hydroxylation is 2. The van der Waals surface area contributed by atoms with Gasteiger partial charge in [-0.25, -0.2) is 0 Å². The normalized spacial score (nSPS) is 12.8. The number of hydrogen-bond acceptors (Lipinski definition) is 3. The number of nitrogens with one attached hydrogen (secondary N) is 2. The van der Waals surface area contributed by atoms with Crippen LogP contribution in [0.25, 0.3) is 0 Å². The molecule has 0 saturated heterocycles. The number of carbonyl (C=O) groups excluding carboxylic acids is 2. The smallest absolute Gasteiger partial charge is 0.262 e. The summed E-state index contributed by atoms with van der Waals surface area (Å²) >= 11 is 0. The Morgan fingerprint density at radius 2 is 1.92 bits per heavy atom. The lowest BCUT2D eigenvalue weighted by molar-refractivity contribution is -0.118. The summed E-state index contributed by atoms with van der Waals surface area (Å²) in [5.74, 6) is 0.364. The number of amides is 2. The number of rotatable bonds is 5. The summed E-state index contributed by atoms with van der Waals surface area (Å²) in [5, 5.41) is 5.58. The first kappa shape index (κ1) is 16.1. The zero-order valence-electron chi connectivity index (χ0n) is 13.6. The Balaban J connectivity index is 1.56. The third kappa shape index (κ3) is 3.93. The summed E-state index contributed by atoms with van der Waals surface area (Å²) in [4.78, 5) is 23.5. The van der Waals surface area contributed by atoms with Crippen molar-refractivity contribution in [1.82, 2.24) is 0 Å². The van der Waals surface area contributed by atoms with Gasteiger partial charge < -0.3 is 15.4 Å². The van der Waals surface area contributed by atoms with Crippen LogP contribution in [-0.4, -0.2) is 18.4 Å². The molecule has 2 aromatic rings. The van der Waals surface area contributed by atoms with Gasteiger partial charge in [0.05, 0.1) is 5.69 Å². The minimum atomic E-state index is -0.193. The first-order chi connectivity index (χ1) is 11.6. The maximum atomic E-state index is 12.1. The molecule has 0 atom stereocenters. The summed E-state index contributed by atoms with van der Waals surface area (Å²) in [5.41, 5.74) is 3.67. The molecule has 0 aromatic heterocycles. The fourth-order valence-electron chi connectivity index (χ4n) is 2.58. The molecule has 0 unspecified atom stereocenters. The van der Waals surface area contributed by atoms with Gasteiger partial charge >= 0.3 is 0 Å². The molecule has 0 bridgehead atoms. The highest BCUT2D eigenvalue weighted by molar-refractivity contribution is 5.97. The second kappa shape index (κ2) is 7.17. The topological polar surface area (TPSA) is 67.4 Å². The van der Waals surface area contributed by atoms with Crippen LogP contribution in [0, 0.1) is 0 Å². The lowest BCUT2D eigenvalue weighted by atomic mass is 10.1. The van der Waals surface area contributed by atoms with Crippen molar-refractivity contribution in [3.63, 3.8) is 0 Å². The summed E-state index contributed by atoms with van der Waals surface area (Å²) in [6, 6.07) is 13.5. The Bertz CT molecular complexity index is 754. The predicted octanol–water partition coefficient (Wildman–Crippen LogP) is 3.15. The zero-order valence-corrected chi connectivity index (χ0v) is 13.6. The van der Waals surface area contributed by atoms with Gasteiger partial charge in [-0.2, -0.15) is 0 Å². The van der Waals surface area contributed by atoms with Crippen molar-refractivity contribution in [2.45, 2.75) is 26.2 Å². The van der Waals surface area contributed by atoms with Crippen molar-refractivity contribution in [1.29, 1.82) is 0 Å². The molecule has 0 spiro atoms. The maximum Gasteiger partial charge on any atom is 0.262 e. The molecule has 5 heteroatoms. The number of fused-ring (bicyclic) bond motifs is 1. The standard InChI is InChI=1S/C19H20N2O3/c1-2-13-3-5-14(6-4-13)7-10-18(22)20-15-8-9-17-16(11-15)21-19(23)12-24-17/h3-6,8-9,11H,2,7,10,12H2,1H3,(H,20,22)(H,21,23). The average Bonchev–Trinajstić information content (AvgIpc) is 2.60. The molecule has 24 heavy (non-hydrogen) atoms. The van der Waals surface area contributed by atoms with Gasteiger partial charge in [-0.05, 0) is 42.2 Å². The number of carbonyl (C=O) groups is 2. The van der Waals surface area contributed by atoms with Crippen molar-refractivity contribution in [3.8, 4) is 5.75 Å². The lowest BCUT2D eigenvalue weighted by Gasteiger charge is -2.18. The highest BCUT2D eigenvalue weighted by atomic mass is 16.5. The fourth-order valence-corrected chi connectivity index (χ4v) is 2.58. The quantitative estimate of drug-likeness (QED) is 0.888. The van der Waals surface area contributed by atoms with Gasteiger partial charge in [-0.15, -0.1) is 0 Å². The maximum absolute atomic E-state index is 12.1. The van der Waals surface area contributed by atoms with Gasteiger partial charge in [0.1, 0.15) is 5.75 Å². The molecule has 2 N–H and O–H groups in total. The van der Waals surface area contributed by atoms with Crippen molar-refractivity contribution in [3.05, 3.63) is 53.6 Å². The largest absolute Gasteiger partial charge is 0.482 e. The highest BCUT2D eigenvalue weighted by Crippen LogP contribution is 2.30. The minimum Gasteiger partial charge on any atom is -0.482 e. The molecule has 3 rings (SSSR count).